The van der Waals surface area contributed by atoms with Crippen molar-refractivity contribution in [1.29, 1.82) is 0 Å². The molecular formula is C26H38O4S. The molecule has 0 amide bonds. The fraction of sp³-hybridized carbons (Fsp3) is 0.577. The van der Waals surface area contributed by atoms with E-state index in [4.69, 9.17) is 9.47 Å². The Morgan fingerprint density at radius 2 is 1.87 bits per heavy atom. The van der Waals surface area contributed by atoms with Gasteiger partial charge in [-0.1, -0.05) is 53.7 Å². The third-order valence-corrected chi connectivity index (χ3v) is 7.01. The van der Waals surface area contributed by atoms with E-state index in [1.165, 1.54) is 34.5 Å². The van der Waals surface area contributed by atoms with Crippen LogP contribution in [-0.4, -0.2) is 30.9 Å². The second-order valence-corrected chi connectivity index (χ2v) is 10.7. The summed E-state index contributed by atoms with van der Waals surface area (Å²) in [5.41, 5.74) is 2.26. The monoisotopic (exact) mass is 446 g/mol. The molecule has 0 spiro atoms. The van der Waals surface area contributed by atoms with Gasteiger partial charge in [0.15, 0.2) is 0 Å². The first-order chi connectivity index (χ1) is 14.6. The van der Waals surface area contributed by atoms with Crippen LogP contribution in [0.5, 0.6) is 5.75 Å². The average Bonchev–Trinajstić information content (AvgIpc) is 3.21. The quantitative estimate of drug-likeness (QED) is 0.419. The lowest BCUT2D eigenvalue weighted by molar-refractivity contribution is 0.0215. The van der Waals surface area contributed by atoms with Gasteiger partial charge in [0.25, 0.3) is 0 Å². The first-order valence-electron chi connectivity index (χ1n) is 11.2. The van der Waals surface area contributed by atoms with Crippen LogP contribution in [0.4, 0.5) is 0 Å². The van der Waals surface area contributed by atoms with Crippen LogP contribution < -0.4 is 4.74 Å². The summed E-state index contributed by atoms with van der Waals surface area (Å²) in [6.45, 7) is 12.9. The second kappa shape index (κ2) is 11.1. The van der Waals surface area contributed by atoms with Gasteiger partial charge in [0, 0.05) is 4.88 Å². The molecule has 31 heavy (non-hydrogen) atoms. The highest BCUT2D eigenvalue weighted by Gasteiger charge is 2.23. The Balaban J connectivity index is 2.08. The number of hydrogen-bond donors (Lipinski definition) is 1. The molecule has 1 N–H and O–H groups in total. The summed E-state index contributed by atoms with van der Waals surface area (Å²) in [7, 11) is 1.42. The molecule has 0 bridgehead atoms. The lowest BCUT2D eigenvalue weighted by Crippen LogP contribution is -2.32. The molecule has 2 unspecified atom stereocenters. The van der Waals surface area contributed by atoms with E-state index in [2.05, 4.69) is 39.0 Å². The van der Waals surface area contributed by atoms with Gasteiger partial charge in [-0.05, 0) is 65.8 Å². The average molecular weight is 447 g/mol. The molecule has 0 aliphatic rings. The van der Waals surface area contributed by atoms with E-state index in [9.17, 15) is 9.90 Å². The Kier molecular flexibility index (Phi) is 9.14. The number of benzene rings is 1. The largest absolute Gasteiger partial charge is 0.491 e. The summed E-state index contributed by atoms with van der Waals surface area (Å²) in [5.74, 6) is 1.35. The minimum Gasteiger partial charge on any atom is -0.491 e. The van der Waals surface area contributed by atoms with E-state index in [-0.39, 0.29) is 11.4 Å². The van der Waals surface area contributed by atoms with Gasteiger partial charge in [0.2, 0.25) is 0 Å². The molecule has 2 aromatic rings. The summed E-state index contributed by atoms with van der Waals surface area (Å²) in [5, 5.41) is 10.3. The zero-order chi connectivity index (χ0) is 23.2. The van der Waals surface area contributed by atoms with Gasteiger partial charge in [-0.25, -0.2) is 4.79 Å². The molecule has 0 saturated carbocycles. The van der Waals surface area contributed by atoms with Crippen LogP contribution in [-0.2, 0) is 11.2 Å². The first kappa shape index (κ1) is 25.4. The van der Waals surface area contributed by atoms with E-state index < -0.39 is 6.10 Å². The van der Waals surface area contributed by atoms with E-state index in [1.54, 1.807) is 0 Å². The molecule has 1 heterocycles. The number of aryl methyl sites for hydroxylation is 1. The van der Waals surface area contributed by atoms with E-state index in [0.29, 0.717) is 23.3 Å². The van der Waals surface area contributed by atoms with Crippen molar-refractivity contribution in [3.05, 3.63) is 51.2 Å². The van der Waals surface area contributed by atoms with Gasteiger partial charge in [0.05, 0.1) is 13.2 Å². The summed E-state index contributed by atoms with van der Waals surface area (Å²) in [6.07, 6.45) is 2.51. The van der Waals surface area contributed by atoms with Crippen LogP contribution in [0.3, 0.4) is 0 Å². The number of ether oxygens (including phenoxy) is 2. The smallest absolute Gasteiger partial charge is 0.348 e. The molecule has 0 aliphatic heterocycles. The van der Waals surface area contributed by atoms with Gasteiger partial charge >= 0.3 is 5.97 Å². The Bertz CT molecular complexity index is 847. The highest BCUT2D eigenvalue weighted by Crippen LogP contribution is 2.33. The van der Waals surface area contributed by atoms with Gasteiger partial charge in [-0.3, -0.25) is 0 Å². The number of hydrogen-bond acceptors (Lipinski definition) is 5. The zero-order valence-electron chi connectivity index (χ0n) is 20.0. The van der Waals surface area contributed by atoms with Crippen molar-refractivity contribution < 1.29 is 19.4 Å². The maximum Gasteiger partial charge on any atom is 0.348 e. The van der Waals surface area contributed by atoms with Crippen molar-refractivity contribution in [2.24, 2.45) is 5.41 Å². The standard InChI is InChI=1S/C26H38O4S/c1-8-19(22-13-14-23(31-22)25(28)29-7)11-9-18-10-12-21(20(15-18)17(2)3)30-16-24(27)26(4,5)6/h10,12-15,17,19,24,27H,8-9,11,16H2,1-7H3. The minimum atomic E-state index is -0.516. The van der Waals surface area contributed by atoms with Crippen molar-refractivity contribution in [3.63, 3.8) is 0 Å². The number of aliphatic hydroxyl groups is 1. The molecule has 0 saturated heterocycles. The number of carbonyl (C=O) groups is 1. The summed E-state index contributed by atoms with van der Waals surface area (Å²) in [6, 6.07) is 10.3. The molecule has 0 aliphatic carbocycles. The lowest BCUT2D eigenvalue weighted by Gasteiger charge is -2.26. The predicted molar refractivity (Wildman–Crippen MR) is 128 cm³/mol. The Hall–Kier alpha value is -1.85. The van der Waals surface area contributed by atoms with Gasteiger partial charge in [-0.15, -0.1) is 11.3 Å². The number of esters is 1. The summed E-state index contributed by atoms with van der Waals surface area (Å²) < 4.78 is 10.8. The number of methoxy groups -OCH3 is 1. The van der Waals surface area contributed by atoms with Crippen molar-refractivity contribution in [3.8, 4) is 5.75 Å². The molecule has 2 atom stereocenters. The summed E-state index contributed by atoms with van der Waals surface area (Å²) in [4.78, 5) is 13.7. The summed E-state index contributed by atoms with van der Waals surface area (Å²) >= 11 is 1.54. The number of carbonyl (C=O) groups excluding carboxylic acids is 1. The fourth-order valence-corrected chi connectivity index (χ4v) is 4.57. The van der Waals surface area contributed by atoms with Crippen molar-refractivity contribution in [2.75, 3.05) is 13.7 Å². The molecule has 4 nitrogen and oxygen atoms in total. The molecule has 1 aromatic carbocycles. The molecule has 172 valence electrons. The third kappa shape index (κ3) is 7.08. The SMILES string of the molecule is CCC(CCc1ccc(OCC(O)C(C)(C)C)c(C(C)C)c1)c1ccc(C(=O)OC)s1. The van der Waals surface area contributed by atoms with Crippen LogP contribution in [0.15, 0.2) is 30.3 Å². The highest BCUT2D eigenvalue weighted by molar-refractivity contribution is 7.14. The van der Waals surface area contributed by atoms with Gasteiger partial charge in [0.1, 0.15) is 17.2 Å². The normalized spacial score (nSPS) is 13.8. The van der Waals surface area contributed by atoms with Crippen LogP contribution >= 0.6 is 11.3 Å². The van der Waals surface area contributed by atoms with Crippen LogP contribution in [0.1, 0.15) is 91.9 Å². The van der Waals surface area contributed by atoms with Crippen molar-refractivity contribution >= 4 is 17.3 Å². The molecule has 2 rings (SSSR count). The Morgan fingerprint density at radius 3 is 2.45 bits per heavy atom. The predicted octanol–water partition coefficient (Wildman–Crippen LogP) is 6.57. The molecular weight excluding hydrogens is 408 g/mol. The van der Waals surface area contributed by atoms with E-state index >= 15 is 0 Å². The maximum atomic E-state index is 11.8. The van der Waals surface area contributed by atoms with Crippen LogP contribution in [0.2, 0.25) is 0 Å². The van der Waals surface area contributed by atoms with Crippen LogP contribution in [0, 0.1) is 5.41 Å². The Morgan fingerprint density at radius 1 is 1.16 bits per heavy atom. The topological polar surface area (TPSA) is 55.8 Å². The maximum absolute atomic E-state index is 11.8. The number of aliphatic hydroxyl groups excluding tert-OH is 1. The Labute approximate surface area is 191 Å². The van der Waals surface area contributed by atoms with E-state index in [0.717, 1.165) is 25.0 Å². The fourth-order valence-electron chi connectivity index (χ4n) is 3.43. The highest BCUT2D eigenvalue weighted by atomic mass is 32.1. The van der Waals surface area contributed by atoms with E-state index in [1.807, 2.05) is 32.9 Å². The van der Waals surface area contributed by atoms with Crippen LogP contribution in [0.25, 0.3) is 0 Å². The zero-order valence-corrected chi connectivity index (χ0v) is 20.8. The molecule has 5 heteroatoms. The lowest BCUT2D eigenvalue weighted by atomic mass is 9.89. The van der Waals surface area contributed by atoms with Gasteiger partial charge < -0.3 is 14.6 Å². The molecule has 0 radical (unpaired) electrons. The molecule has 0 fully saturated rings. The van der Waals surface area contributed by atoms with Gasteiger partial charge in [-0.2, -0.15) is 0 Å². The van der Waals surface area contributed by atoms with Crippen molar-refractivity contribution in [2.45, 2.75) is 78.7 Å². The minimum absolute atomic E-state index is 0.206. The van der Waals surface area contributed by atoms with Crippen molar-refractivity contribution in [1.82, 2.24) is 0 Å². The number of rotatable bonds is 10. The second-order valence-electron chi connectivity index (χ2n) is 9.56. The molecule has 1 aromatic heterocycles. The third-order valence-electron chi connectivity index (χ3n) is 5.78. The first-order valence-corrected chi connectivity index (χ1v) is 12.0. The number of thiophene rings is 1.